The van der Waals surface area contributed by atoms with Crippen molar-refractivity contribution in [2.75, 3.05) is 20.2 Å². The molecule has 0 bridgehead atoms. The fourth-order valence-corrected chi connectivity index (χ4v) is 14.3. The molecule has 5 saturated carbocycles. The highest BCUT2D eigenvalue weighted by molar-refractivity contribution is 5.97. The van der Waals surface area contributed by atoms with Crippen LogP contribution in [0.4, 0.5) is 0 Å². The Morgan fingerprint density at radius 2 is 1.43 bits per heavy atom. The standard InChI is InChI=1S/C48H72N2O6/c1-31(2)35-20-25-48(43(54)50-29-14-12-10-11-13-28-49-41(52)33-16-15-17-34(30-33)42(53)55-9)27-26-46(7)36(40(35)48)18-19-38-45(6)23-22-39(56-32(3)51)44(4,5)37(45)21-24-47(38,46)8/h15-17,30,35-40H,1,10-14,18-29H2,2-9H3,(H,49,52)(H,50,54)/t35-,36+,37-,38+,39-,40+,45-,46+,47+,48-/m0/s1. The van der Waals surface area contributed by atoms with Gasteiger partial charge in [0, 0.05) is 31.0 Å². The lowest BCUT2D eigenvalue weighted by molar-refractivity contribution is -0.248. The molecule has 6 rings (SSSR count). The first kappa shape index (κ1) is 42.4. The second-order valence-corrected chi connectivity index (χ2v) is 20.2. The lowest BCUT2D eigenvalue weighted by Gasteiger charge is -2.72. The highest BCUT2D eigenvalue weighted by atomic mass is 16.5. The van der Waals surface area contributed by atoms with E-state index in [0.29, 0.717) is 59.7 Å². The van der Waals surface area contributed by atoms with Gasteiger partial charge in [-0.15, -0.1) is 0 Å². The molecule has 56 heavy (non-hydrogen) atoms. The number of ether oxygens (including phenoxy) is 2. The Labute approximate surface area is 337 Å². The molecule has 8 heteroatoms. The quantitative estimate of drug-likeness (QED) is 0.117. The molecule has 0 heterocycles. The van der Waals surface area contributed by atoms with Crippen LogP contribution in [0.1, 0.15) is 165 Å². The van der Waals surface area contributed by atoms with E-state index in [9.17, 15) is 19.2 Å². The van der Waals surface area contributed by atoms with Crippen molar-refractivity contribution in [1.82, 2.24) is 10.6 Å². The smallest absolute Gasteiger partial charge is 0.337 e. The molecule has 5 aliphatic rings. The van der Waals surface area contributed by atoms with Crippen LogP contribution in [0.15, 0.2) is 36.4 Å². The van der Waals surface area contributed by atoms with Crippen LogP contribution in [0.3, 0.4) is 0 Å². The molecule has 8 nitrogen and oxygen atoms in total. The largest absolute Gasteiger partial charge is 0.465 e. The first-order valence-corrected chi connectivity index (χ1v) is 22.0. The van der Waals surface area contributed by atoms with Gasteiger partial charge in [-0.05, 0) is 148 Å². The van der Waals surface area contributed by atoms with Crippen LogP contribution >= 0.6 is 0 Å². The van der Waals surface area contributed by atoms with Gasteiger partial charge in [0.25, 0.3) is 5.91 Å². The number of nitrogens with one attached hydrogen (secondary N) is 2. The summed E-state index contributed by atoms with van der Waals surface area (Å²) >= 11 is 0. The zero-order valence-electron chi connectivity index (χ0n) is 36.0. The number of rotatable bonds is 13. The lowest BCUT2D eigenvalue weighted by atomic mass is 9.32. The Balaban J connectivity index is 1.04. The van der Waals surface area contributed by atoms with E-state index in [4.69, 9.17) is 9.47 Å². The number of methoxy groups -OCH3 is 1. The number of fused-ring (bicyclic) bond motifs is 7. The van der Waals surface area contributed by atoms with Crippen LogP contribution in [-0.2, 0) is 19.1 Å². The molecule has 1 aromatic rings. The normalized spacial score (nSPS) is 36.8. The van der Waals surface area contributed by atoms with Crippen LogP contribution < -0.4 is 10.6 Å². The van der Waals surface area contributed by atoms with Crippen molar-refractivity contribution < 1.29 is 28.7 Å². The number of unbranched alkanes of at least 4 members (excludes halogenated alkanes) is 4. The monoisotopic (exact) mass is 773 g/mol. The molecule has 5 aliphatic carbocycles. The summed E-state index contributed by atoms with van der Waals surface area (Å²) in [6.45, 7) is 22.2. The summed E-state index contributed by atoms with van der Waals surface area (Å²) in [7, 11) is 1.33. The number of hydrogen-bond donors (Lipinski definition) is 2. The number of benzene rings is 1. The summed E-state index contributed by atoms with van der Waals surface area (Å²) in [5.41, 5.74) is 2.30. The van der Waals surface area contributed by atoms with Crippen molar-refractivity contribution in [3.05, 3.63) is 47.5 Å². The first-order valence-electron chi connectivity index (χ1n) is 22.0. The number of amides is 2. The van der Waals surface area contributed by atoms with Gasteiger partial charge in [0.15, 0.2) is 0 Å². The molecule has 0 radical (unpaired) electrons. The Morgan fingerprint density at radius 3 is 2.11 bits per heavy atom. The molecular weight excluding hydrogens is 701 g/mol. The Bertz CT molecular complexity index is 1670. The topological polar surface area (TPSA) is 111 Å². The van der Waals surface area contributed by atoms with E-state index in [1.807, 2.05) is 0 Å². The van der Waals surface area contributed by atoms with Crippen molar-refractivity contribution in [2.45, 2.75) is 151 Å². The predicted molar refractivity (Wildman–Crippen MR) is 221 cm³/mol. The Morgan fingerprint density at radius 1 is 0.750 bits per heavy atom. The van der Waals surface area contributed by atoms with Gasteiger partial charge in [-0.2, -0.15) is 0 Å². The second-order valence-electron chi connectivity index (χ2n) is 20.2. The zero-order chi connectivity index (χ0) is 40.7. The molecule has 2 N–H and O–H groups in total. The summed E-state index contributed by atoms with van der Waals surface area (Å²) in [5.74, 6) is 1.90. The van der Waals surface area contributed by atoms with E-state index in [0.717, 1.165) is 70.6 Å². The van der Waals surface area contributed by atoms with Gasteiger partial charge < -0.3 is 20.1 Å². The lowest BCUT2D eigenvalue weighted by Crippen LogP contribution is -2.67. The molecule has 10 atom stereocenters. The molecule has 0 spiro atoms. The van der Waals surface area contributed by atoms with Crippen LogP contribution in [0, 0.1) is 56.7 Å². The van der Waals surface area contributed by atoms with Gasteiger partial charge in [0.05, 0.1) is 18.1 Å². The van der Waals surface area contributed by atoms with E-state index >= 15 is 0 Å². The van der Waals surface area contributed by atoms with Crippen LogP contribution in [0.25, 0.3) is 0 Å². The maximum atomic E-state index is 14.5. The third kappa shape index (κ3) is 7.27. The highest BCUT2D eigenvalue weighted by Crippen LogP contribution is 2.77. The minimum absolute atomic E-state index is 0.0102. The van der Waals surface area contributed by atoms with Crippen molar-refractivity contribution in [2.24, 2.45) is 56.7 Å². The van der Waals surface area contributed by atoms with E-state index in [-0.39, 0.29) is 45.1 Å². The SMILES string of the molecule is C=C(C)[C@@H]1CC[C@]2(C(=O)NCCCCCCCNC(=O)c3cccc(C(=O)OC)c3)CC[C@]3(C)[C@H](CC[C@@H]4[C@@]5(C)CC[C@H](OC(C)=O)C(C)(C)[C@@H]5CC[C@]43C)[C@@H]12. The second kappa shape index (κ2) is 16.2. The van der Waals surface area contributed by atoms with Gasteiger partial charge in [0.1, 0.15) is 6.10 Å². The van der Waals surface area contributed by atoms with Crippen molar-refractivity contribution >= 4 is 23.8 Å². The molecule has 0 unspecified atom stereocenters. The third-order valence-corrected chi connectivity index (χ3v) is 17.2. The van der Waals surface area contributed by atoms with Crippen LogP contribution in [0.5, 0.6) is 0 Å². The summed E-state index contributed by atoms with van der Waals surface area (Å²) in [4.78, 5) is 51.0. The molecule has 0 aromatic heterocycles. The molecule has 1 aromatic carbocycles. The number of carbonyl (C=O) groups excluding carboxylic acids is 4. The van der Waals surface area contributed by atoms with Crippen molar-refractivity contribution in [3.63, 3.8) is 0 Å². The molecule has 0 aliphatic heterocycles. The van der Waals surface area contributed by atoms with Gasteiger partial charge in [-0.3, -0.25) is 14.4 Å². The van der Waals surface area contributed by atoms with Crippen molar-refractivity contribution in [3.8, 4) is 0 Å². The Kier molecular flexibility index (Phi) is 12.3. The Hall–Kier alpha value is -3.16. The number of esters is 2. The van der Waals surface area contributed by atoms with Gasteiger partial charge >= 0.3 is 11.9 Å². The van der Waals surface area contributed by atoms with Crippen LogP contribution in [0.2, 0.25) is 0 Å². The molecule has 2 amide bonds. The number of allylic oxidation sites excluding steroid dienone is 1. The number of carbonyl (C=O) groups is 4. The number of hydrogen-bond acceptors (Lipinski definition) is 6. The third-order valence-electron chi connectivity index (χ3n) is 17.2. The van der Waals surface area contributed by atoms with Gasteiger partial charge in [0.2, 0.25) is 5.91 Å². The fraction of sp³-hybridized carbons (Fsp3) is 0.750. The molecule has 5 fully saturated rings. The maximum absolute atomic E-state index is 14.5. The highest BCUT2D eigenvalue weighted by Gasteiger charge is 2.72. The molecular formula is C48H72N2O6. The zero-order valence-corrected chi connectivity index (χ0v) is 36.0. The van der Waals surface area contributed by atoms with Gasteiger partial charge in [-0.1, -0.05) is 72.1 Å². The van der Waals surface area contributed by atoms with E-state index < -0.39 is 5.97 Å². The average molecular weight is 773 g/mol. The molecule has 0 saturated heterocycles. The first-order chi connectivity index (χ1) is 26.5. The van der Waals surface area contributed by atoms with Crippen LogP contribution in [-0.4, -0.2) is 50.1 Å². The summed E-state index contributed by atoms with van der Waals surface area (Å²) < 4.78 is 10.7. The summed E-state index contributed by atoms with van der Waals surface area (Å²) in [6, 6.07) is 6.59. The summed E-state index contributed by atoms with van der Waals surface area (Å²) in [5, 5.41) is 6.44. The predicted octanol–water partition coefficient (Wildman–Crippen LogP) is 9.86. The van der Waals surface area contributed by atoms with E-state index in [1.54, 1.807) is 31.2 Å². The van der Waals surface area contributed by atoms with E-state index in [1.165, 1.54) is 38.4 Å². The fourth-order valence-electron chi connectivity index (χ4n) is 14.3. The average Bonchev–Trinajstić information content (AvgIpc) is 3.56. The minimum atomic E-state index is -0.456. The van der Waals surface area contributed by atoms with Gasteiger partial charge in [-0.25, -0.2) is 4.79 Å². The molecule has 310 valence electrons. The minimum Gasteiger partial charge on any atom is -0.465 e. The van der Waals surface area contributed by atoms with Crippen molar-refractivity contribution in [1.29, 1.82) is 0 Å². The van der Waals surface area contributed by atoms with E-state index in [2.05, 4.69) is 58.8 Å². The maximum Gasteiger partial charge on any atom is 0.337 e. The summed E-state index contributed by atoms with van der Waals surface area (Å²) in [6.07, 6.45) is 15.9.